The number of rotatable bonds is 4. The average Bonchev–Trinajstić information content (AvgIpc) is 2.83. The third-order valence-electron chi connectivity index (χ3n) is 5.11. The lowest BCUT2D eigenvalue weighted by Gasteiger charge is -2.21. The third kappa shape index (κ3) is 3.40. The molecule has 0 N–H and O–H groups in total. The SMILES string of the molecule is CN(Cc1c(F)cccc1Cl)C(=O)CN1C(=O)[C@H]2CCCC[C@@H]2C1=O. The molecule has 0 bridgehead atoms. The summed E-state index contributed by atoms with van der Waals surface area (Å²) >= 11 is 5.98. The van der Waals surface area contributed by atoms with Gasteiger partial charge in [0, 0.05) is 24.2 Å². The monoisotopic (exact) mass is 366 g/mol. The van der Waals surface area contributed by atoms with E-state index < -0.39 is 11.7 Å². The standard InChI is InChI=1S/C18H20ClFN2O3/c1-21(9-13-14(19)7-4-8-15(13)20)16(23)10-22-17(24)11-5-2-3-6-12(11)18(22)25/h4,7-8,11-12H,2-3,5-6,9-10H2,1H3/t11-,12-/m0/s1. The molecule has 2 aliphatic rings. The zero-order chi connectivity index (χ0) is 18.1. The molecule has 3 rings (SSSR count). The van der Waals surface area contributed by atoms with Gasteiger partial charge in [-0.1, -0.05) is 30.5 Å². The van der Waals surface area contributed by atoms with Crippen molar-refractivity contribution in [2.75, 3.05) is 13.6 Å². The predicted octanol–water partition coefficient (Wildman–Crippen LogP) is 2.61. The van der Waals surface area contributed by atoms with Gasteiger partial charge in [-0.3, -0.25) is 19.3 Å². The average molecular weight is 367 g/mol. The summed E-state index contributed by atoms with van der Waals surface area (Å²) in [6.07, 6.45) is 3.29. The Morgan fingerprint density at radius 3 is 2.40 bits per heavy atom. The number of halogens is 2. The number of hydrogen-bond donors (Lipinski definition) is 0. The lowest BCUT2D eigenvalue weighted by Crippen LogP contribution is -2.41. The molecule has 1 saturated carbocycles. The maximum absolute atomic E-state index is 13.9. The number of amides is 3. The van der Waals surface area contributed by atoms with Crippen LogP contribution in [0.5, 0.6) is 0 Å². The Hall–Kier alpha value is -1.95. The molecule has 1 aromatic rings. The summed E-state index contributed by atoms with van der Waals surface area (Å²) < 4.78 is 13.9. The van der Waals surface area contributed by atoms with Gasteiger partial charge in [0.05, 0.1) is 11.8 Å². The van der Waals surface area contributed by atoms with E-state index in [4.69, 9.17) is 11.6 Å². The van der Waals surface area contributed by atoms with Gasteiger partial charge in [0.1, 0.15) is 12.4 Å². The van der Waals surface area contributed by atoms with Gasteiger partial charge >= 0.3 is 0 Å². The fourth-order valence-electron chi connectivity index (χ4n) is 3.65. The number of hydrogen-bond acceptors (Lipinski definition) is 3. The molecule has 2 atom stereocenters. The van der Waals surface area contributed by atoms with Crippen molar-refractivity contribution in [3.8, 4) is 0 Å². The fourth-order valence-corrected chi connectivity index (χ4v) is 3.87. The van der Waals surface area contributed by atoms with Crippen LogP contribution >= 0.6 is 11.6 Å². The van der Waals surface area contributed by atoms with E-state index in [1.807, 2.05) is 0 Å². The highest BCUT2D eigenvalue weighted by atomic mass is 35.5. The zero-order valence-corrected chi connectivity index (χ0v) is 14.8. The maximum Gasteiger partial charge on any atom is 0.242 e. The predicted molar refractivity (Wildman–Crippen MR) is 90.1 cm³/mol. The van der Waals surface area contributed by atoms with Crippen molar-refractivity contribution in [3.05, 3.63) is 34.6 Å². The van der Waals surface area contributed by atoms with Crippen LogP contribution in [0.3, 0.4) is 0 Å². The molecule has 1 heterocycles. The molecule has 7 heteroatoms. The second-order valence-corrected chi connectivity index (χ2v) is 7.12. The van der Waals surface area contributed by atoms with Crippen LogP contribution in [0.2, 0.25) is 5.02 Å². The summed E-state index contributed by atoms with van der Waals surface area (Å²) in [7, 11) is 1.50. The molecule has 134 valence electrons. The van der Waals surface area contributed by atoms with Gasteiger partial charge in [0.2, 0.25) is 17.7 Å². The first-order valence-corrected chi connectivity index (χ1v) is 8.80. The second kappa shape index (κ2) is 7.12. The van der Waals surface area contributed by atoms with E-state index >= 15 is 0 Å². The van der Waals surface area contributed by atoms with Crippen molar-refractivity contribution < 1.29 is 18.8 Å². The van der Waals surface area contributed by atoms with Crippen LogP contribution in [0, 0.1) is 17.7 Å². The maximum atomic E-state index is 13.9. The van der Waals surface area contributed by atoms with E-state index in [1.165, 1.54) is 24.1 Å². The molecular weight excluding hydrogens is 347 g/mol. The number of carbonyl (C=O) groups excluding carboxylic acids is 3. The minimum absolute atomic E-state index is 0.0204. The summed E-state index contributed by atoms with van der Waals surface area (Å²) in [5.74, 6) is -1.97. The van der Waals surface area contributed by atoms with Crippen LogP contribution < -0.4 is 0 Å². The fraction of sp³-hybridized carbons (Fsp3) is 0.500. The largest absolute Gasteiger partial charge is 0.340 e. The first-order valence-electron chi connectivity index (χ1n) is 8.42. The number of nitrogens with zero attached hydrogens (tertiary/aromatic N) is 2. The molecule has 0 aromatic heterocycles. The molecule has 5 nitrogen and oxygen atoms in total. The minimum atomic E-state index is -0.494. The molecule has 1 aliphatic carbocycles. The van der Waals surface area contributed by atoms with E-state index in [2.05, 4.69) is 0 Å². The Kier molecular flexibility index (Phi) is 5.08. The van der Waals surface area contributed by atoms with Gasteiger partial charge in [0.15, 0.2) is 0 Å². The number of imide groups is 1. The molecule has 0 unspecified atom stereocenters. The van der Waals surface area contributed by atoms with Crippen molar-refractivity contribution in [2.45, 2.75) is 32.2 Å². The van der Waals surface area contributed by atoms with Crippen molar-refractivity contribution in [1.82, 2.24) is 9.80 Å². The van der Waals surface area contributed by atoms with Gasteiger partial charge in [-0.2, -0.15) is 0 Å². The molecule has 25 heavy (non-hydrogen) atoms. The minimum Gasteiger partial charge on any atom is -0.340 e. The highest BCUT2D eigenvalue weighted by Crippen LogP contribution is 2.37. The van der Waals surface area contributed by atoms with Gasteiger partial charge < -0.3 is 4.90 Å². The Balaban J connectivity index is 1.67. The first-order chi connectivity index (χ1) is 11.9. The summed E-state index contributed by atoms with van der Waals surface area (Å²) in [5.41, 5.74) is 0.216. The van der Waals surface area contributed by atoms with Gasteiger partial charge in [-0.05, 0) is 25.0 Å². The number of benzene rings is 1. The van der Waals surface area contributed by atoms with Crippen molar-refractivity contribution in [2.24, 2.45) is 11.8 Å². The lowest BCUT2D eigenvalue weighted by atomic mass is 9.81. The highest BCUT2D eigenvalue weighted by Gasteiger charge is 2.48. The van der Waals surface area contributed by atoms with Crippen LogP contribution in [0.15, 0.2) is 18.2 Å². The number of carbonyl (C=O) groups is 3. The molecule has 1 saturated heterocycles. The van der Waals surface area contributed by atoms with E-state index in [1.54, 1.807) is 6.07 Å². The lowest BCUT2D eigenvalue weighted by molar-refractivity contribution is -0.146. The van der Waals surface area contributed by atoms with Gasteiger partial charge in [-0.25, -0.2) is 4.39 Å². The molecule has 3 amide bonds. The van der Waals surface area contributed by atoms with Crippen molar-refractivity contribution >= 4 is 29.3 Å². The van der Waals surface area contributed by atoms with Crippen LogP contribution in [0.4, 0.5) is 4.39 Å². The highest BCUT2D eigenvalue weighted by molar-refractivity contribution is 6.31. The Bertz CT molecular complexity index is 680. The Morgan fingerprint density at radius 2 is 1.84 bits per heavy atom. The quantitative estimate of drug-likeness (QED) is 0.770. The number of likely N-dealkylation sites (tertiary alicyclic amines) is 1. The van der Waals surface area contributed by atoms with E-state index in [9.17, 15) is 18.8 Å². The van der Waals surface area contributed by atoms with Gasteiger partial charge in [0.25, 0.3) is 0 Å². The van der Waals surface area contributed by atoms with Crippen LogP contribution in [0.25, 0.3) is 0 Å². The van der Waals surface area contributed by atoms with Gasteiger partial charge in [-0.15, -0.1) is 0 Å². The summed E-state index contributed by atoms with van der Waals surface area (Å²) in [5, 5.41) is 0.235. The summed E-state index contributed by atoms with van der Waals surface area (Å²) in [6.45, 7) is -0.319. The summed E-state index contributed by atoms with van der Waals surface area (Å²) in [6, 6.07) is 4.32. The molecule has 1 aromatic carbocycles. The number of fused-ring (bicyclic) bond motifs is 1. The third-order valence-corrected chi connectivity index (χ3v) is 5.46. The zero-order valence-electron chi connectivity index (χ0n) is 14.0. The van der Waals surface area contributed by atoms with Crippen LogP contribution in [-0.2, 0) is 20.9 Å². The van der Waals surface area contributed by atoms with E-state index in [0.717, 1.165) is 17.7 Å². The van der Waals surface area contributed by atoms with E-state index in [0.29, 0.717) is 12.8 Å². The van der Waals surface area contributed by atoms with Crippen LogP contribution in [-0.4, -0.2) is 41.1 Å². The molecular formula is C18H20ClFN2O3. The molecule has 2 fully saturated rings. The normalized spacial score (nSPS) is 22.9. The molecule has 0 spiro atoms. The summed E-state index contributed by atoms with van der Waals surface area (Å²) in [4.78, 5) is 39.6. The van der Waals surface area contributed by atoms with Crippen molar-refractivity contribution in [3.63, 3.8) is 0 Å². The molecule has 0 radical (unpaired) electrons. The smallest absolute Gasteiger partial charge is 0.242 e. The topological polar surface area (TPSA) is 57.7 Å². The van der Waals surface area contributed by atoms with Crippen molar-refractivity contribution in [1.29, 1.82) is 0 Å². The molecule has 1 aliphatic heterocycles. The Morgan fingerprint density at radius 1 is 1.24 bits per heavy atom. The second-order valence-electron chi connectivity index (χ2n) is 6.71. The Labute approximate surface area is 150 Å². The number of likely N-dealkylation sites (N-methyl/N-ethyl adjacent to an activating group) is 1. The van der Waals surface area contributed by atoms with E-state index in [-0.39, 0.29) is 47.3 Å². The van der Waals surface area contributed by atoms with Crippen LogP contribution in [0.1, 0.15) is 31.2 Å². The first kappa shape index (κ1) is 17.9.